The van der Waals surface area contributed by atoms with E-state index < -0.39 is 17.9 Å². The topological polar surface area (TPSA) is 130 Å². The number of rotatable bonds is 15. The van der Waals surface area contributed by atoms with Gasteiger partial charge in [-0.3, -0.25) is 14.4 Å². The van der Waals surface area contributed by atoms with E-state index >= 15 is 0 Å². The monoisotopic (exact) mass is 1400 g/mol. The minimum atomic E-state index is -2.88. The zero-order chi connectivity index (χ0) is 54.1. The highest BCUT2D eigenvalue weighted by atomic mass is 80.0. The molecule has 0 aliphatic carbocycles. The van der Waals surface area contributed by atoms with Crippen LogP contribution < -0.4 is 14.2 Å². The summed E-state index contributed by atoms with van der Waals surface area (Å²) in [6.07, 6.45) is 3.39. The molecule has 3 atom stereocenters. The number of ether oxygens (including phenoxy) is 3. The van der Waals surface area contributed by atoms with Crippen molar-refractivity contribution in [1.82, 2.24) is 0 Å². The second kappa shape index (κ2) is 29.3. The van der Waals surface area contributed by atoms with Crippen LogP contribution in [0.1, 0.15) is 37.0 Å². The summed E-state index contributed by atoms with van der Waals surface area (Å²) >= 11 is 16.1. The number of hydrogen-bond acceptors (Lipinski definition) is 9. The van der Waals surface area contributed by atoms with E-state index in [1.54, 1.807) is 12.1 Å². The van der Waals surface area contributed by atoms with Gasteiger partial charge in [-0.1, -0.05) is 131 Å². The van der Waals surface area contributed by atoms with Crippen LogP contribution >= 0.6 is 79.6 Å². The molecule has 0 radical (unpaired) electrons. The molecule has 0 aromatic heterocycles. The highest BCUT2D eigenvalue weighted by molar-refractivity contribution is 9.40. The first-order chi connectivity index (χ1) is 35.9. The smallest absolute Gasteiger partial charge is 0.350 e. The largest absolute Gasteiger partial charge is 0.426 e. The number of carbonyl (C=O) groups excluding carboxylic acids is 4. The quantitative estimate of drug-likeness (QED) is 0.0324. The first-order valence-corrected chi connectivity index (χ1v) is 34.1. The summed E-state index contributed by atoms with van der Waals surface area (Å²) in [5, 5.41) is 1.93. The number of esters is 3. The Morgan fingerprint density at radius 2 is 1.00 bits per heavy atom. The van der Waals surface area contributed by atoms with Crippen molar-refractivity contribution in [2.45, 2.75) is 63.0 Å². The predicted octanol–water partition coefficient (Wildman–Crippen LogP) is 14.1. The van der Waals surface area contributed by atoms with E-state index in [4.69, 9.17) is 14.2 Å². The standard InChI is InChI=1S/C20H14Br3O2S.C19H20BrO3S.C18H20BrO4S2/c21-20(22,23)19(24)25-15-11-13-18(14-12-15)26(16-7-3-1-4-8-16)17-9-5-2-6-10-17;1-3-17(20)19(22)23-15-9-11-16(12-10-15)24(2)13-18(21)14-7-5-4-6-8-14;1-2-15(19)18(20)23-16-7-8-17(14-6-4-3-5-13(14)16)24-9-11-25(21,22)12-10-24/h1-14H;4-12,17H,3,13H2,1-2H3;3-8,15H,2,9-12H2,1H3/q3*+1. The molecule has 1 heterocycles. The van der Waals surface area contributed by atoms with Crippen LogP contribution in [0.5, 0.6) is 17.2 Å². The van der Waals surface area contributed by atoms with E-state index in [9.17, 15) is 27.6 Å². The Morgan fingerprint density at radius 3 is 1.51 bits per heavy atom. The molecule has 0 amide bonds. The van der Waals surface area contributed by atoms with Crippen molar-refractivity contribution in [3.63, 3.8) is 0 Å². The summed E-state index contributed by atoms with van der Waals surface area (Å²) in [4.78, 5) is 53.3. The number of benzene rings is 7. The Hall–Kier alpha value is -3.72. The Morgan fingerprint density at radius 1 is 0.560 bits per heavy atom. The third-order valence-electron chi connectivity index (χ3n) is 11.2. The summed E-state index contributed by atoms with van der Waals surface area (Å²) in [6.45, 7) is 3.83. The van der Waals surface area contributed by atoms with Crippen molar-refractivity contribution in [3.05, 3.63) is 181 Å². The van der Waals surface area contributed by atoms with E-state index in [-0.39, 0.29) is 71.6 Å². The van der Waals surface area contributed by atoms with Crippen molar-refractivity contribution < 1.29 is 41.8 Å². The molecule has 392 valence electrons. The molecule has 7 aromatic rings. The van der Waals surface area contributed by atoms with Crippen LogP contribution in [-0.4, -0.2) is 78.9 Å². The predicted molar refractivity (Wildman–Crippen MR) is 326 cm³/mol. The second-order valence-corrected chi connectivity index (χ2v) is 34.2. The lowest BCUT2D eigenvalue weighted by Crippen LogP contribution is -2.32. The van der Waals surface area contributed by atoms with Gasteiger partial charge in [-0.25, -0.2) is 13.2 Å². The fourth-order valence-electron chi connectivity index (χ4n) is 7.21. The fourth-order valence-corrected chi connectivity index (χ4v) is 16.3. The lowest BCUT2D eigenvalue weighted by molar-refractivity contribution is -0.134. The van der Waals surface area contributed by atoms with Crippen molar-refractivity contribution in [2.75, 3.05) is 35.0 Å². The minimum absolute atomic E-state index is 0.0895. The van der Waals surface area contributed by atoms with Gasteiger partial charge in [0.2, 0.25) is 7.93 Å². The van der Waals surface area contributed by atoms with Gasteiger partial charge in [-0.05, 0) is 152 Å². The SMILES string of the molecule is CCC(Br)C(=O)Oc1ccc([S+](C)CC(=O)c2ccccc2)cc1.CCC(Br)C(=O)Oc1ccc([S+]2CCS(=O)(=O)CC2)c2ccccc12.O=C(Oc1ccc([S+](c2ccccc2)c2ccccc2)cc1)C(Br)(Br)Br. The Labute approximate surface area is 490 Å². The number of Topliss-reactive ketones (excluding diaryl/α,β-unsaturated/α-hetero) is 1. The van der Waals surface area contributed by atoms with Gasteiger partial charge in [-0.2, -0.15) is 0 Å². The van der Waals surface area contributed by atoms with Crippen LogP contribution in [0.2, 0.25) is 0 Å². The Bertz CT molecular complexity index is 3060. The van der Waals surface area contributed by atoms with Gasteiger partial charge in [0.1, 0.15) is 44.7 Å². The first kappa shape index (κ1) is 60.5. The Kier molecular flexibility index (Phi) is 23.6. The maximum atomic E-state index is 12.3. The van der Waals surface area contributed by atoms with Gasteiger partial charge in [0, 0.05) is 38.1 Å². The van der Waals surface area contributed by atoms with Crippen molar-refractivity contribution in [3.8, 4) is 17.2 Å². The van der Waals surface area contributed by atoms with E-state index in [1.165, 1.54) is 9.79 Å². The van der Waals surface area contributed by atoms with Crippen molar-refractivity contribution >= 4 is 157 Å². The molecule has 3 unspecified atom stereocenters. The van der Waals surface area contributed by atoms with E-state index in [0.29, 0.717) is 47.3 Å². The van der Waals surface area contributed by atoms with Crippen molar-refractivity contribution in [2.24, 2.45) is 0 Å². The van der Waals surface area contributed by atoms with Gasteiger partial charge in [0.15, 0.2) is 40.1 Å². The number of sulfone groups is 1. The zero-order valence-corrected chi connectivity index (χ0v) is 52.2. The summed E-state index contributed by atoms with van der Waals surface area (Å²) in [7, 11) is -3.39. The average molecular weight is 1410 g/mol. The molecule has 0 spiro atoms. The third-order valence-corrected chi connectivity index (χ3v) is 22.8. The summed E-state index contributed by atoms with van der Waals surface area (Å²) in [5.41, 5.74) is 0.741. The van der Waals surface area contributed by atoms with Crippen LogP contribution in [0.25, 0.3) is 10.8 Å². The Balaban J connectivity index is 0.000000183. The van der Waals surface area contributed by atoms with Gasteiger partial charge in [0.05, 0.1) is 22.4 Å². The van der Waals surface area contributed by atoms with Gasteiger partial charge < -0.3 is 14.2 Å². The summed E-state index contributed by atoms with van der Waals surface area (Å²) < 4.78 is 38.6. The molecule has 9 nitrogen and oxygen atoms in total. The lowest BCUT2D eigenvalue weighted by atomic mass is 10.1. The molecule has 0 bridgehead atoms. The van der Waals surface area contributed by atoms with Gasteiger partial charge in [0.25, 0.3) is 0 Å². The van der Waals surface area contributed by atoms with Crippen LogP contribution in [0.3, 0.4) is 0 Å². The normalized spacial score (nSPS) is 14.4. The molecule has 18 heteroatoms. The first-order valence-electron chi connectivity index (χ1n) is 23.5. The van der Waals surface area contributed by atoms with Crippen LogP contribution in [-0.2, 0) is 56.9 Å². The fraction of sp³-hybridized carbons (Fsp3) is 0.228. The molecular formula is C57H54Br5O9S4+3. The number of hydrogen-bond donors (Lipinski definition) is 0. The molecule has 1 saturated heterocycles. The highest BCUT2D eigenvalue weighted by Crippen LogP contribution is 2.37. The third kappa shape index (κ3) is 18.2. The molecule has 1 aliphatic heterocycles. The van der Waals surface area contributed by atoms with Crippen molar-refractivity contribution in [1.29, 1.82) is 0 Å². The number of ketones is 1. The van der Waals surface area contributed by atoms with Crippen LogP contribution in [0.4, 0.5) is 0 Å². The molecule has 75 heavy (non-hydrogen) atoms. The molecule has 7 aromatic carbocycles. The average Bonchev–Trinajstić information content (AvgIpc) is 3.42. The van der Waals surface area contributed by atoms with Gasteiger partial charge in [-0.15, -0.1) is 0 Å². The maximum absolute atomic E-state index is 12.3. The second-order valence-electron chi connectivity index (χ2n) is 16.6. The van der Waals surface area contributed by atoms with Crippen LogP contribution in [0, 0.1) is 0 Å². The summed E-state index contributed by atoms with van der Waals surface area (Å²) in [6, 6.07) is 56.8. The molecule has 8 rings (SSSR count). The molecule has 0 saturated carbocycles. The molecule has 0 N–H and O–H groups in total. The molecule has 1 aliphatic rings. The molecule has 1 fully saturated rings. The maximum Gasteiger partial charge on any atom is 0.350 e. The lowest BCUT2D eigenvalue weighted by Gasteiger charge is -2.17. The number of fused-ring (bicyclic) bond motifs is 1. The highest BCUT2D eigenvalue weighted by Gasteiger charge is 2.35. The summed E-state index contributed by atoms with van der Waals surface area (Å²) in [5.74, 6) is 2.96. The zero-order valence-electron chi connectivity index (χ0n) is 41.0. The van der Waals surface area contributed by atoms with E-state index in [2.05, 4.69) is 128 Å². The number of halogens is 5. The van der Waals surface area contributed by atoms with E-state index in [0.717, 1.165) is 31.0 Å². The van der Waals surface area contributed by atoms with E-state index in [1.807, 2.05) is 135 Å². The van der Waals surface area contributed by atoms with Crippen LogP contribution in [0.15, 0.2) is 200 Å². The number of alkyl halides is 5. The number of carbonyl (C=O) groups is 4. The minimum Gasteiger partial charge on any atom is -0.426 e. The van der Waals surface area contributed by atoms with Gasteiger partial charge >= 0.3 is 17.9 Å². The molecular weight excluding hydrogens is 1360 g/mol.